The second-order valence-electron chi connectivity index (χ2n) is 3.46. The number of hydrogen-bond donors (Lipinski definition) is 3. The van der Waals surface area contributed by atoms with Crippen LogP contribution in [0.25, 0.3) is 0 Å². The molecule has 1 atom stereocenters. The van der Waals surface area contributed by atoms with Crippen LogP contribution in [0.5, 0.6) is 0 Å². The number of amides is 1. The number of esters is 1. The van der Waals surface area contributed by atoms with Crippen molar-refractivity contribution >= 4 is 11.9 Å². The Morgan fingerprint density at radius 3 is 2.78 bits per heavy atom. The van der Waals surface area contributed by atoms with Gasteiger partial charge in [0.2, 0.25) is 5.91 Å². The Labute approximate surface area is 106 Å². The minimum atomic E-state index is -0.696. The quantitative estimate of drug-likeness (QED) is 0.249. The Morgan fingerprint density at radius 2 is 2.17 bits per heavy atom. The van der Waals surface area contributed by atoms with Crippen molar-refractivity contribution in [2.45, 2.75) is 6.10 Å². The van der Waals surface area contributed by atoms with Crippen LogP contribution >= 0.6 is 0 Å². The second-order valence-corrected chi connectivity index (χ2v) is 3.46. The number of aliphatic hydroxyl groups is 1. The van der Waals surface area contributed by atoms with Crippen LogP contribution in [-0.2, 0) is 19.1 Å². The van der Waals surface area contributed by atoms with E-state index in [-0.39, 0.29) is 32.1 Å². The van der Waals surface area contributed by atoms with Gasteiger partial charge in [-0.15, -0.1) is 6.58 Å². The number of rotatable bonds is 10. The monoisotopic (exact) mass is 260 g/mol. The number of ether oxygens (including phenoxy) is 2. The molecule has 0 aromatic carbocycles. The van der Waals surface area contributed by atoms with E-state index >= 15 is 0 Å². The first-order valence-electron chi connectivity index (χ1n) is 5.51. The van der Waals surface area contributed by atoms with E-state index in [1.165, 1.54) is 7.11 Å². The molecule has 0 aliphatic rings. The molecule has 0 fully saturated rings. The van der Waals surface area contributed by atoms with E-state index in [0.717, 1.165) is 0 Å². The van der Waals surface area contributed by atoms with E-state index in [0.29, 0.717) is 6.61 Å². The molecular weight excluding hydrogens is 240 g/mol. The third-order valence-electron chi connectivity index (χ3n) is 1.87. The first-order chi connectivity index (χ1) is 8.60. The smallest absolute Gasteiger partial charge is 0.325 e. The molecule has 0 radical (unpaired) electrons. The molecule has 18 heavy (non-hydrogen) atoms. The van der Waals surface area contributed by atoms with Crippen molar-refractivity contribution in [1.29, 1.82) is 0 Å². The average molecular weight is 260 g/mol. The number of methoxy groups -OCH3 is 1. The summed E-state index contributed by atoms with van der Waals surface area (Å²) < 4.78 is 9.39. The van der Waals surface area contributed by atoms with Gasteiger partial charge in [-0.3, -0.25) is 9.59 Å². The van der Waals surface area contributed by atoms with Crippen LogP contribution in [0, 0.1) is 0 Å². The Hall–Kier alpha value is -1.44. The maximum atomic E-state index is 11.2. The summed E-state index contributed by atoms with van der Waals surface area (Å²) in [6.45, 7) is 4.08. The van der Waals surface area contributed by atoms with Crippen LogP contribution in [-0.4, -0.2) is 63.0 Å². The predicted molar refractivity (Wildman–Crippen MR) is 64.9 cm³/mol. The Morgan fingerprint density at radius 1 is 1.44 bits per heavy atom. The average Bonchev–Trinajstić information content (AvgIpc) is 2.36. The summed E-state index contributed by atoms with van der Waals surface area (Å²) in [5.74, 6) is -0.860. The highest BCUT2D eigenvalue weighted by molar-refractivity contribution is 5.83. The summed E-state index contributed by atoms with van der Waals surface area (Å²) in [6, 6.07) is 0. The van der Waals surface area contributed by atoms with Crippen molar-refractivity contribution in [3.63, 3.8) is 0 Å². The van der Waals surface area contributed by atoms with Gasteiger partial charge in [-0.1, -0.05) is 6.08 Å². The molecule has 0 rings (SSSR count). The summed E-state index contributed by atoms with van der Waals surface area (Å²) in [5, 5.41) is 14.5. The zero-order chi connectivity index (χ0) is 13.8. The van der Waals surface area contributed by atoms with E-state index < -0.39 is 12.1 Å². The van der Waals surface area contributed by atoms with Crippen LogP contribution in [0.3, 0.4) is 0 Å². The Balaban J connectivity index is 3.49. The molecule has 104 valence electrons. The van der Waals surface area contributed by atoms with Crippen LogP contribution in [0.4, 0.5) is 0 Å². The molecule has 7 nitrogen and oxygen atoms in total. The largest absolute Gasteiger partial charge is 0.468 e. The second kappa shape index (κ2) is 10.7. The minimum absolute atomic E-state index is 0.00944. The molecule has 1 amide bonds. The summed E-state index contributed by atoms with van der Waals surface area (Å²) in [5.41, 5.74) is 0. The summed E-state index contributed by atoms with van der Waals surface area (Å²) in [7, 11) is 1.24. The molecule has 3 N–H and O–H groups in total. The normalized spacial score (nSPS) is 11.7. The van der Waals surface area contributed by atoms with Crippen molar-refractivity contribution in [3.8, 4) is 0 Å². The van der Waals surface area contributed by atoms with Gasteiger partial charge >= 0.3 is 5.97 Å². The van der Waals surface area contributed by atoms with Gasteiger partial charge in [0.1, 0.15) is 6.54 Å². The molecule has 0 aromatic heterocycles. The third kappa shape index (κ3) is 9.76. The highest BCUT2D eigenvalue weighted by Gasteiger charge is 2.07. The Kier molecular flexibility index (Phi) is 9.84. The first kappa shape index (κ1) is 16.6. The third-order valence-corrected chi connectivity index (χ3v) is 1.87. The molecule has 7 heteroatoms. The molecule has 1 unspecified atom stereocenters. The fourth-order valence-corrected chi connectivity index (χ4v) is 1.00. The van der Waals surface area contributed by atoms with E-state index in [2.05, 4.69) is 21.9 Å². The summed E-state index contributed by atoms with van der Waals surface area (Å²) in [6.07, 6.45) is 0.888. The van der Waals surface area contributed by atoms with Gasteiger partial charge in [-0.2, -0.15) is 0 Å². The molecule has 0 bridgehead atoms. The van der Waals surface area contributed by atoms with Crippen molar-refractivity contribution in [3.05, 3.63) is 12.7 Å². The van der Waals surface area contributed by atoms with Crippen LogP contribution < -0.4 is 10.6 Å². The number of nitrogens with one attached hydrogen (secondary N) is 2. The van der Waals surface area contributed by atoms with Gasteiger partial charge in [0.25, 0.3) is 0 Å². The molecule has 0 saturated carbocycles. The zero-order valence-electron chi connectivity index (χ0n) is 10.5. The lowest BCUT2D eigenvalue weighted by Crippen LogP contribution is -2.40. The summed E-state index contributed by atoms with van der Waals surface area (Å²) in [4.78, 5) is 21.9. The van der Waals surface area contributed by atoms with Crippen LogP contribution in [0.1, 0.15) is 0 Å². The van der Waals surface area contributed by atoms with Gasteiger partial charge in [0.15, 0.2) is 0 Å². The van der Waals surface area contributed by atoms with Gasteiger partial charge in [-0.25, -0.2) is 0 Å². The predicted octanol–water partition coefficient (Wildman–Crippen LogP) is -1.57. The lowest BCUT2D eigenvalue weighted by molar-refractivity contribution is -0.141. The molecule has 0 aliphatic heterocycles. The highest BCUT2D eigenvalue weighted by atomic mass is 16.5. The van der Waals surface area contributed by atoms with E-state index in [1.54, 1.807) is 6.08 Å². The number of aliphatic hydroxyl groups excluding tert-OH is 1. The SMILES string of the molecule is C=CCOCC(O)CNCC(=O)NCC(=O)OC. The molecule has 0 spiro atoms. The Bertz CT molecular complexity index is 270. The van der Waals surface area contributed by atoms with E-state index in [1.807, 2.05) is 0 Å². The minimum Gasteiger partial charge on any atom is -0.468 e. The summed E-state index contributed by atoms with van der Waals surface area (Å²) >= 11 is 0. The fraction of sp³-hybridized carbons (Fsp3) is 0.636. The molecule has 0 heterocycles. The highest BCUT2D eigenvalue weighted by Crippen LogP contribution is 1.84. The van der Waals surface area contributed by atoms with Crippen molar-refractivity contribution in [1.82, 2.24) is 10.6 Å². The first-order valence-corrected chi connectivity index (χ1v) is 5.51. The standard InChI is InChI=1S/C11H20N2O5/c1-3-4-18-8-9(14)5-12-6-10(15)13-7-11(16)17-2/h3,9,12,14H,1,4-8H2,2H3,(H,13,15). The molecule has 0 aromatic rings. The van der Waals surface area contributed by atoms with E-state index in [4.69, 9.17) is 4.74 Å². The number of carbonyl (C=O) groups excluding carboxylic acids is 2. The maximum Gasteiger partial charge on any atom is 0.325 e. The topological polar surface area (TPSA) is 96.9 Å². The van der Waals surface area contributed by atoms with Gasteiger partial charge in [0.05, 0.1) is 33.0 Å². The van der Waals surface area contributed by atoms with Gasteiger partial charge in [-0.05, 0) is 0 Å². The van der Waals surface area contributed by atoms with Gasteiger partial charge < -0.3 is 25.2 Å². The molecule has 0 aliphatic carbocycles. The van der Waals surface area contributed by atoms with Crippen molar-refractivity contribution < 1.29 is 24.2 Å². The number of hydrogen-bond acceptors (Lipinski definition) is 6. The van der Waals surface area contributed by atoms with Gasteiger partial charge in [0, 0.05) is 6.54 Å². The lowest BCUT2D eigenvalue weighted by atomic mass is 10.3. The lowest BCUT2D eigenvalue weighted by Gasteiger charge is -2.11. The van der Waals surface area contributed by atoms with Crippen LogP contribution in [0.2, 0.25) is 0 Å². The van der Waals surface area contributed by atoms with E-state index in [9.17, 15) is 14.7 Å². The molecule has 0 saturated heterocycles. The molecular formula is C11H20N2O5. The zero-order valence-corrected chi connectivity index (χ0v) is 10.5. The van der Waals surface area contributed by atoms with Crippen molar-refractivity contribution in [2.75, 3.05) is 40.0 Å². The van der Waals surface area contributed by atoms with Crippen molar-refractivity contribution in [2.24, 2.45) is 0 Å². The maximum absolute atomic E-state index is 11.2. The van der Waals surface area contributed by atoms with Crippen LogP contribution in [0.15, 0.2) is 12.7 Å². The number of carbonyl (C=O) groups is 2. The fourth-order valence-electron chi connectivity index (χ4n) is 1.00.